The summed E-state index contributed by atoms with van der Waals surface area (Å²) in [5.41, 5.74) is 3.63. The van der Waals surface area contributed by atoms with E-state index in [1.807, 2.05) is 6.92 Å². The first kappa shape index (κ1) is 8.84. The maximum atomic E-state index is 9.11. The van der Waals surface area contributed by atoms with Gasteiger partial charge in [0.1, 0.15) is 6.23 Å². The van der Waals surface area contributed by atoms with Crippen LogP contribution in [0.15, 0.2) is 0 Å². The molecule has 0 aliphatic rings. The Kier molecular flexibility index (Phi) is 3.07. The van der Waals surface area contributed by atoms with Crippen LogP contribution in [-0.2, 0) is 0 Å². The summed E-state index contributed by atoms with van der Waals surface area (Å²) in [6.07, 6.45) is -1.24. The molecule has 9 heavy (non-hydrogen) atoms. The van der Waals surface area contributed by atoms with Crippen LogP contribution >= 0.6 is 0 Å². The zero-order valence-electron chi connectivity index (χ0n) is 5.76. The Bertz CT molecular complexity index is 83.0. The second-order valence-electron chi connectivity index (χ2n) is 2.12. The number of rotatable bonds is 3. The molecule has 4 nitrogen and oxygen atoms in total. The molecule has 0 fully saturated rings. The van der Waals surface area contributed by atoms with Crippen molar-refractivity contribution >= 4 is 0 Å². The summed E-state index contributed by atoms with van der Waals surface area (Å²) in [6.45, 7) is 3.80. The predicted octanol–water partition coefficient (Wildman–Crippen LogP) is -1.42. The molecule has 0 aromatic heterocycles. The third-order valence-electron chi connectivity index (χ3n) is 1.11. The van der Waals surface area contributed by atoms with Crippen molar-refractivity contribution in [2.75, 3.05) is 6.54 Å². The van der Waals surface area contributed by atoms with Gasteiger partial charge in [-0.15, -0.1) is 0 Å². The van der Waals surface area contributed by atoms with Crippen LogP contribution in [0.4, 0.5) is 0 Å². The maximum absolute atomic E-state index is 9.11. The highest BCUT2D eigenvalue weighted by Gasteiger charge is 2.24. The smallest absolute Gasteiger partial charge is 0.152 e. The highest BCUT2D eigenvalue weighted by atomic mass is 16.4. The lowest BCUT2D eigenvalue weighted by Crippen LogP contribution is -2.55. The summed E-state index contributed by atoms with van der Waals surface area (Å²) < 4.78 is 0. The van der Waals surface area contributed by atoms with Gasteiger partial charge in [0, 0.05) is 0 Å². The van der Waals surface area contributed by atoms with Gasteiger partial charge < -0.3 is 15.9 Å². The largest absolute Gasteiger partial charge is 0.374 e. The first-order valence-electron chi connectivity index (χ1n) is 2.91. The van der Waals surface area contributed by atoms with Crippen molar-refractivity contribution in [1.29, 1.82) is 0 Å². The minimum Gasteiger partial charge on any atom is -0.374 e. The molecular formula is C5H14N2O2. The molecule has 56 valence electrons. The molecule has 0 heterocycles. The van der Waals surface area contributed by atoms with Crippen LogP contribution in [0.25, 0.3) is 0 Å². The Morgan fingerprint density at radius 1 is 1.78 bits per heavy atom. The molecule has 0 aromatic carbocycles. The van der Waals surface area contributed by atoms with Crippen molar-refractivity contribution in [2.24, 2.45) is 5.73 Å². The van der Waals surface area contributed by atoms with Crippen molar-refractivity contribution in [1.82, 2.24) is 5.32 Å². The van der Waals surface area contributed by atoms with Gasteiger partial charge >= 0.3 is 0 Å². The van der Waals surface area contributed by atoms with Crippen LogP contribution < -0.4 is 11.1 Å². The average molecular weight is 134 g/mol. The molecule has 0 amide bonds. The molecule has 0 aliphatic carbocycles. The van der Waals surface area contributed by atoms with Gasteiger partial charge in [-0.25, -0.2) is 0 Å². The summed E-state index contributed by atoms with van der Waals surface area (Å²) in [6, 6.07) is 0. The lowest BCUT2D eigenvalue weighted by Gasteiger charge is -2.26. The summed E-state index contributed by atoms with van der Waals surface area (Å²) in [7, 11) is 0. The first-order chi connectivity index (χ1) is 4.00. The number of hydrogen-bond acceptors (Lipinski definition) is 4. The predicted molar refractivity (Wildman–Crippen MR) is 34.5 cm³/mol. The van der Waals surface area contributed by atoms with E-state index >= 15 is 0 Å². The van der Waals surface area contributed by atoms with E-state index in [0.717, 1.165) is 0 Å². The molecule has 2 unspecified atom stereocenters. The number of nitrogens with one attached hydrogen (secondary N) is 1. The SMILES string of the molecule is CCNC(C)(O)C(N)O. The molecule has 0 aliphatic heterocycles. The zero-order chi connectivity index (χ0) is 7.49. The number of aliphatic hydroxyl groups excluding tert-OH is 1. The highest BCUT2D eigenvalue weighted by Crippen LogP contribution is 1.98. The third kappa shape index (κ3) is 2.76. The number of hydrogen-bond donors (Lipinski definition) is 4. The van der Waals surface area contributed by atoms with Gasteiger partial charge in [-0.1, -0.05) is 6.92 Å². The standard InChI is InChI=1S/C5H14N2O2/c1-3-7-5(2,9)4(6)8/h4,7-9H,3,6H2,1-2H3. The van der Waals surface area contributed by atoms with Crippen molar-refractivity contribution in [3.05, 3.63) is 0 Å². The summed E-state index contributed by atoms with van der Waals surface area (Å²) in [4.78, 5) is 0. The quantitative estimate of drug-likeness (QED) is 0.357. The Hall–Kier alpha value is -0.160. The number of nitrogens with two attached hydrogens (primary N) is 1. The Labute approximate surface area is 54.7 Å². The Balaban J connectivity index is 3.70. The van der Waals surface area contributed by atoms with Crippen LogP contribution in [0, 0.1) is 0 Å². The van der Waals surface area contributed by atoms with Crippen LogP contribution in [0.2, 0.25) is 0 Å². The molecule has 5 N–H and O–H groups in total. The molecule has 0 bridgehead atoms. The Morgan fingerprint density at radius 3 is 2.33 bits per heavy atom. The summed E-state index contributed by atoms with van der Waals surface area (Å²) >= 11 is 0. The molecule has 0 rings (SSSR count). The molecule has 0 spiro atoms. The van der Waals surface area contributed by atoms with E-state index in [0.29, 0.717) is 6.54 Å². The van der Waals surface area contributed by atoms with Crippen LogP contribution in [0.1, 0.15) is 13.8 Å². The molecule has 4 heteroatoms. The van der Waals surface area contributed by atoms with Gasteiger partial charge in [-0.05, 0) is 13.5 Å². The van der Waals surface area contributed by atoms with Crippen molar-refractivity contribution in [3.8, 4) is 0 Å². The normalized spacial score (nSPS) is 21.0. The molecule has 0 radical (unpaired) electrons. The van der Waals surface area contributed by atoms with Crippen molar-refractivity contribution in [3.63, 3.8) is 0 Å². The monoisotopic (exact) mass is 134 g/mol. The lowest BCUT2D eigenvalue weighted by atomic mass is 10.2. The van der Waals surface area contributed by atoms with E-state index in [2.05, 4.69) is 5.32 Å². The average Bonchev–Trinajstić information content (AvgIpc) is 1.65. The fraction of sp³-hybridized carbons (Fsp3) is 1.00. The minimum absolute atomic E-state index is 0.571. The van der Waals surface area contributed by atoms with E-state index in [-0.39, 0.29) is 0 Å². The second-order valence-corrected chi connectivity index (χ2v) is 2.12. The molecule has 0 saturated carbocycles. The maximum Gasteiger partial charge on any atom is 0.152 e. The topological polar surface area (TPSA) is 78.5 Å². The van der Waals surface area contributed by atoms with E-state index in [1.54, 1.807) is 0 Å². The van der Waals surface area contributed by atoms with E-state index in [1.165, 1.54) is 6.92 Å². The van der Waals surface area contributed by atoms with E-state index < -0.39 is 12.0 Å². The lowest BCUT2D eigenvalue weighted by molar-refractivity contribution is -0.0809. The molecule has 0 aromatic rings. The first-order valence-corrected chi connectivity index (χ1v) is 2.91. The van der Waals surface area contributed by atoms with Crippen LogP contribution in [0.3, 0.4) is 0 Å². The summed E-state index contributed by atoms with van der Waals surface area (Å²) in [5, 5.41) is 20.4. The van der Waals surface area contributed by atoms with Gasteiger partial charge in [-0.2, -0.15) is 0 Å². The van der Waals surface area contributed by atoms with Gasteiger partial charge in [0.2, 0.25) is 0 Å². The van der Waals surface area contributed by atoms with Crippen molar-refractivity contribution < 1.29 is 10.2 Å². The second kappa shape index (κ2) is 3.12. The van der Waals surface area contributed by atoms with Gasteiger partial charge in [0.25, 0.3) is 0 Å². The highest BCUT2D eigenvalue weighted by molar-refractivity contribution is 4.72. The molecular weight excluding hydrogens is 120 g/mol. The van der Waals surface area contributed by atoms with E-state index in [4.69, 9.17) is 15.9 Å². The third-order valence-corrected chi connectivity index (χ3v) is 1.11. The Morgan fingerprint density at radius 2 is 2.22 bits per heavy atom. The fourth-order valence-corrected chi connectivity index (χ4v) is 0.462. The fourth-order valence-electron chi connectivity index (χ4n) is 0.462. The molecule has 0 saturated heterocycles. The number of aliphatic hydroxyl groups is 2. The van der Waals surface area contributed by atoms with Gasteiger partial charge in [0.15, 0.2) is 5.72 Å². The van der Waals surface area contributed by atoms with Crippen molar-refractivity contribution in [2.45, 2.75) is 25.8 Å². The van der Waals surface area contributed by atoms with Gasteiger partial charge in [-0.3, -0.25) is 5.32 Å². The number of likely N-dealkylation sites (N-methyl/N-ethyl adjacent to an activating group) is 1. The van der Waals surface area contributed by atoms with Crippen LogP contribution in [-0.4, -0.2) is 28.7 Å². The van der Waals surface area contributed by atoms with Crippen LogP contribution in [0.5, 0.6) is 0 Å². The minimum atomic E-state index is -1.37. The van der Waals surface area contributed by atoms with E-state index in [9.17, 15) is 0 Å². The zero-order valence-corrected chi connectivity index (χ0v) is 5.76. The van der Waals surface area contributed by atoms with Gasteiger partial charge in [0.05, 0.1) is 0 Å². The summed E-state index contributed by atoms with van der Waals surface area (Å²) in [5.74, 6) is 0. The molecule has 2 atom stereocenters.